The number of anilines is 1. The summed E-state index contributed by atoms with van der Waals surface area (Å²) in [6.45, 7) is -0.725. The fourth-order valence-corrected chi connectivity index (χ4v) is 2.29. The molecule has 0 radical (unpaired) electrons. The molecule has 0 bridgehead atoms. The zero-order valence-electron chi connectivity index (χ0n) is 14.7. The Balaban J connectivity index is 2.18. The first-order valence-electron chi connectivity index (χ1n) is 7.98. The van der Waals surface area contributed by atoms with E-state index in [1.54, 1.807) is 0 Å². The lowest BCUT2D eigenvalue weighted by atomic mass is 10.1. The SMILES string of the molecule is O=C(O)CC(=O)Nc1ccc(OCc2cc(C(F)(F)F)cc(C(F)(F)F)c2)cc1F. The van der Waals surface area contributed by atoms with Crippen molar-refractivity contribution in [1.82, 2.24) is 0 Å². The van der Waals surface area contributed by atoms with Gasteiger partial charge in [0, 0.05) is 6.07 Å². The number of carboxylic acids is 1. The number of benzene rings is 2. The molecule has 2 aromatic rings. The minimum Gasteiger partial charge on any atom is -0.489 e. The molecular weight excluding hydrogens is 427 g/mol. The van der Waals surface area contributed by atoms with Gasteiger partial charge in [-0.15, -0.1) is 0 Å². The van der Waals surface area contributed by atoms with Gasteiger partial charge in [-0.25, -0.2) is 4.39 Å². The van der Waals surface area contributed by atoms with Crippen LogP contribution in [0.4, 0.5) is 36.4 Å². The summed E-state index contributed by atoms with van der Waals surface area (Å²) in [6.07, 6.45) is -10.9. The van der Waals surface area contributed by atoms with Gasteiger partial charge in [0.1, 0.15) is 24.6 Å². The first-order valence-corrected chi connectivity index (χ1v) is 7.98. The summed E-state index contributed by atoms with van der Waals surface area (Å²) in [7, 11) is 0. The normalized spacial score (nSPS) is 11.8. The lowest BCUT2D eigenvalue weighted by Gasteiger charge is -2.15. The van der Waals surface area contributed by atoms with Crippen molar-refractivity contribution in [1.29, 1.82) is 0 Å². The van der Waals surface area contributed by atoms with Crippen molar-refractivity contribution in [2.45, 2.75) is 25.4 Å². The molecule has 0 aliphatic heterocycles. The molecule has 0 saturated carbocycles. The van der Waals surface area contributed by atoms with Crippen LogP contribution in [0.15, 0.2) is 36.4 Å². The fraction of sp³-hybridized carbons (Fsp3) is 0.222. The van der Waals surface area contributed by atoms with Crippen LogP contribution >= 0.6 is 0 Å². The summed E-state index contributed by atoms with van der Waals surface area (Å²) in [5, 5.41) is 10.5. The Hall–Kier alpha value is -3.31. The average molecular weight is 439 g/mol. The van der Waals surface area contributed by atoms with Crippen LogP contribution in [-0.4, -0.2) is 17.0 Å². The van der Waals surface area contributed by atoms with Crippen LogP contribution in [0.5, 0.6) is 5.75 Å². The number of carbonyl (C=O) groups is 2. The van der Waals surface area contributed by atoms with E-state index in [4.69, 9.17) is 9.84 Å². The van der Waals surface area contributed by atoms with Crippen molar-refractivity contribution >= 4 is 17.6 Å². The van der Waals surface area contributed by atoms with Gasteiger partial charge in [0.05, 0.1) is 16.8 Å². The first-order chi connectivity index (χ1) is 13.8. The van der Waals surface area contributed by atoms with Gasteiger partial charge in [-0.05, 0) is 35.9 Å². The lowest BCUT2D eigenvalue weighted by Crippen LogP contribution is -2.16. The minimum atomic E-state index is -5.02. The van der Waals surface area contributed by atoms with Crippen LogP contribution in [0.3, 0.4) is 0 Å². The molecule has 0 aromatic heterocycles. The maximum absolute atomic E-state index is 14.0. The second kappa shape index (κ2) is 8.59. The highest BCUT2D eigenvalue weighted by atomic mass is 19.4. The van der Waals surface area contributed by atoms with Crippen LogP contribution in [0.25, 0.3) is 0 Å². The summed E-state index contributed by atoms with van der Waals surface area (Å²) >= 11 is 0. The largest absolute Gasteiger partial charge is 0.489 e. The van der Waals surface area contributed by atoms with Crippen molar-refractivity contribution in [3.63, 3.8) is 0 Å². The molecule has 2 aromatic carbocycles. The number of hydrogen-bond donors (Lipinski definition) is 2. The Morgan fingerprint density at radius 2 is 1.50 bits per heavy atom. The number of halogens is 7. The molecule has 0 atom stereocenters. The Morgan fingerprint density at radius 1 is 0.933 bits per heavy atom. The zero-order chi connectivity index (χ0) is 22.7. The van der Waals surface area contributed by atoms with Crippen LogP contribution < -0.4 is 10.1 Å². The fourth-order valence-electron chi connectivity index (χ4n) is 2.29. The van der Waals surface area contributed by atoms with Gasteiger partial charge in [0.2, 0.25) is 5.91 Å². The van der Waals surface area contributed by atoms with Crippen LogP contribution in [-0.2, 0) is 28.5 Å². The monoisotopic (exact) mass is 439 g/mol. The molecule has 1 amide bonds. The third-order valence-corrected chi connectivity index (χ3v) is 3.58. The molecule has 0 fully saturated rings. The predicted octanol–water partition coefficient (Wildman–Crippen LogP) is 4.86. The van der Waals surface area contributed by atoms with E-state index < -0.39 is 59.8 Å². The van der Waals surface area contributed by atoms with Gasteiger partial charge >= 0.3 is 18.3 Å². The van der Waals surface area contributed by atoms with Crippen molar-refractivity contribution in [3.05, 3.63) is 58.9 Å². The minimum absolute atomic E-state index is 0.0300. The molecule has 0 heterocycles. The Kier molecular flexibility index (Phi) is 6.58. The summed E-state index contributed by atoms with van der Waals surface area (Å²) in [4.78, 5) is 21.7. The van der Waals surface area contributed by atoms with Crippen molar-refractivity contribution < 1.29 is 50.2 Å². The number of aliphatic carboxylic acids is 1. The highest BCUT2D eigenvalue weighted by Gasteiger charge is 2.36. The van der Waals surface area contributed by atoms with Gasteiger partial charge in [-0.2, -0.15) is 26.3 Å². The topological polar surface area (TPSA) is 75.6 Å². The van der Waals surface area contributed by atoms with E-state index in [-0.39, 0.29) is 17.5 Å². The lowest BCUT2D eigenvalue weighted by molar-refractivity contribution is -0.143. The van der Waals surface area contributed by atoms with Gasteiger partial charge in [-0.3, -0.25) is 9.59 Å². The van der Waals surface area contributed by atoms with Gasteiger partial charge in [0.25, 0.3) is 0 Å². The maximum atomic E-state index is 14.0. The van der Waals surface area contributed by atoms with Crippen LogP contribution in [0.2, 0.25) is 0 Å². The van der Waals surface area contributed by atoms with E-state index in [0.29, 0.717) is 12.1 Å². The molecule has 0 aliphatic carbocycles. The number of ether oxygens (including phenoxy) is 1. The molecule has 0 aliphatic rings. The average Bonchev–Trinajstić information content (AvgIpc) is 2.59. The summed E-state index contributed by atoms with van der Waals surface area (Å²) in [5.41, 5.74) is -3.86. The summed E-state index contributed by atoms with van der Waals surface area (Å²) < 4.78 is 96.1. The van der Waals surface area contributed by atoms with E-state index >= 15 is 0 Å². The molecule has 0 saturated heterocycles. The highest BCUT2D eigenvalue weighted by molar-refractivity contribution is 6.01. The van der Waals surface area contributed by atoms with Crippen LogP contribution in [0.1, 0.15) is 23.1 Å². The van der Waals surface area contributed by atoms with Crippen molar-refractivity contribution in [3.8, 4) is 5.75 Å². The molecule has 0 unspecified atom stereocenters. The van der Waals surface area contributed by atoms with E-state index in [9.17, 15) is 40.3 Å². The smallest absolute Gasteiger partial charge is 0.416 e. The van der Waals surface area contributed by atoms with Gasteiger partial charge < -0.3 is 15.2 Å². The van der Waals surface area contributed by atoms with Crippen LogP contribution in [0, 0.1) is 5.82 Å². The second-order valence-electron chi connectivity index (χ2n) is 5.96. The molecule has 12 heteroatoms. The zero-order valence-corrected chi connectivity index (χ0v) is 14.7. The van der Waals surface area contributed by atoms with E-state index in [1.807, 2.05) is 5.32 Å². The summed E-state index contributed by atoms with van der Waals surface area (Å²) in [5.74, 6) is -3.73. The number of nitrogens with one attached hydrogen (secondary N) is 1. The Bertz CT molecular complexity index is 922. The molecule has 0 spiro atoms. The van der Waals surface area contributed by atoms with Gasteiger partial charge in [-0.1, -0.05) is 0 Å². The summed E-state index contributed by atoms with van der Waals surface area (Å²) in [6, 6.07) is 3.75. The molecule has 5 nitrogen and oxygen atoms in total. The molecular formula is C18H12F7NO4. The molecule has 162 valence electrons. The third-order valence-electron chi connectivity index (χ3n) is 3.58. The quantitative estimate of drug-likeness (QED) is 0.498. The number of rotatable bonds is 6. The van der Waals surface area contributed by atoms with Crippen molar-refractivity contribution in [2.24, 2.45) is 0 Å². The molecule has 2 rings (SSSR count). The number of hydrogen-bond acceptors (Lipinski definition) is 3. The van der Waals surface area contributed by atoms with Crippen molar-refractivity contribution in [2.75, 3.05) is 5.32 Å². The number of alkyl halides is 6. The number of carboxylic acid groups (broad SMARTS) is 1. The standard InChI is InChI=1S/C18H12F7NO4/c19-13-6-12(1-2-14(13)26-15(27)7-16(28)29)30-8-9-3-10(17(20,21)22)5-11(4-9)18(23,24)25/h1-6H,7-8H2,(H,26,27)(H,28,29). The van der Waals surface area contributed by atoms with Gasteiger partial charge in [0.15, 0.2) is 0 Å². The number of carbonyl (C=O) groups excluding carboxylic acids is 1. The third kappa shape index (κ3) is 6.36. The number of amides is 1. The molecule has 2 N–H and O–H groups in total. The Morgan fingerprint density at radius 3 is 1.97 bits per heavy atom. The highest BCUT2D eigenvalue weighted by Crippen LogP contribution is 2.36. The first kappa shape index (κ1) is 23.0. The Labute approximate surface area is 164 Å². The predicted molar refractivity (Wildman–Crippen MR) is 88.1 cm³/mol. The van der Waals surface area contributed by atoms with E-state index in [0.717, 1.165) is 18.2 Å². The van der Waals surface area contributed by atoms with E-state index in [1.165, 1.54) is 0 Å². The van der Waals surface area contributed by atoms with E-state index in [2.05, 4.69) is 0 Å². The maximum Gasteiger partial charge on any atom is 0.416 e. The molecule has 30 heavy (non-hydrogen) atoms. The second-order valence-corrected chi connectivity index (χ2v) is 5.96.